The summed E-state index contributed by atoms with van der Waals surface area (Å²) in [5.41, 5.74) is 1.63. The molecule has 1 aromatic carbocycles. The largest absolute Gasteiger partial charge is 0.396 e. The molecule has 0 saturated heterocycles. The number of aromatic nitrogens is 1. The maximum absolute atomic E-state index is 12.1. The van der Waals surface area contributed by atoms with Crippen molar-refractivity contribution in [3.05, 3.63) is 64.4 Å². The summed E-state index contributed by atoms with van der Waals surface area (Å²) < 4.78 is 0.696. The molecule has 1 atom stereocenters. The molecule has 1 unspecified atom stereocenters. The summed E-state index contributed by atoms with van der Waals surface area (Å²) in [5.74, 6) is -0.0579. The minimum Gasteiger partial charge on any atom is -0.396 e. The monoisotopic (exact) mass is 348 g/mol. The number of carbonyl (C=O) groups is 1. The van der Waals surface area contributed by atoms with E-state index in [0.29, 0.717) is 23.1 Å². The van der Waals surface area contributed by atoms with Gasteiger partial charge < -0.3 is 10.4 Å². The van der Waals surface area contributed by atoms with E-state index < -0.39 is 0 Å². The molecule has 110 valence electrons. The average Bonchev–Trinajstić information content (AvgIpc) is 2.52. The number of amides is 1. The molecule has 0 spiro atoms. The van der Waals surface area contributed by atoms with E-state index in [1.807, 2.05) is 30.3 Å². The van der Waals surface area contributed by atoms with Crippen LogP contribution in [0.25, 0.3) is 0 Å². The normalized spacial score (nSPS) is 11.9. The minimum atomic E-state index is -0.158. The number of benzene rings is 1. The molecule has 0 aliphatic heterocycles. The third-order valence-corrected chi connectivity index (χ3v) is 3.72. The van der Waals surface area contributed by atoms with E-state index >= 15 is 0 Å². The first kappa shape index (κ1) is 15.7. The van der Waals surface area contributed by atoms with Crippen LogP contribution in [-0.4, -0.2) is 29.1 Å². The van der Waals surface area contributed by atoms with Gasteiger partial charge in [0.25, 0.3) is 5.91 Å². The van der Waals surface area contributed by atoms with Crippen LogP contribution in [0.2, 0.25) is 0 Å². The van der Waals surface area contributed by atoms with Gasteiger partial charge in [-0.15, -0.1) is 0 Å². The van der Waals surface area contributed by atoms with E-state index in [1.54, 1.807) is 12.1 Å². The van der Waals surface area contributed by atoms with Crippen LogP contribution in [0.3, 0.4) is 0 Å². The first-order valence-electron chi connectivity index (χ1n) is 6.76. The number of halogens is 1. The Balaban J connectivity index is 1.98. The number of rotatable bonds is 6. The Hall–Kier alpha value is -1.72. The zero-order valence-electron chi connectivity index (χ0n) is 11.5. The molecule has 1 heterocycles. The highest BCUT2D eigenvalue weighted by atomic mass is 79.9. The summed E-state index contributed by atoms with van der Waals surface area (Å²) in [6.07, 6.45) is 2.14. The van der Waals surface area contributed by atoms with Crippen LogP contribution < -0.4 is 5.32 Å². The molecule has 0 aliphatic carbocycles. The van der Waals surface area contributed by atoms with Crippen molar-refractivity contribution in [2.45, 2.75) is 12.3 Å². The fourth-order valence-corrected chi connectivity index (χ4v) is 2.33. The molecule has 1 aromatic heterocycles. The van der Waals surface area contributed by atoms with Crippen molar-refractivity contribution >= 4 is 21.8 Å². The van der Waals surface area contributed by atoms with Crippen molar-refractivity contribution in [2.75, 3.05) is 13.2 Å². The van der Waals surface area contributed by atoms with Gasteiger partial charge in [-0.05, 0) is 40.0 Å². The van der Waals surface area contributed by atoms with Gasteiger partial charge in [-0.3, -0.25) is 4.79 Å². The maximum Gasteiger partial charge on any atom is 0.252 e. The molecule has 0 aliphatic rings. The summed E-state index contributed by atoms with van der Waals surface area (Å²) in [5, 5.41) is 12.1. The van der Waals surface area contributed by atoms with Gasteiger partial charge >= 0.3 is 0 Å². The first-order valence-corrected chi connectivity index (χ1v) is 7.55. The van der Waals surface area contributed by atoms with Crippen LogP contribution in [0.4, 0.5) is 0 Å². The van der Waals surface area contributed by atoms with E-state index in [9.17, 15) is 9.90 Å². The molecule has 2 N–H and O–H groups in total. The van der Waals surface area contributed by atoms with Gasteiger partial charge in [-0.1, -0.05) is 30.3 Å². The van der Waals surface area contributed by atoms with Crippen molar-refractivity contribution < 1.29 is 9.90 Å². The van der Waals surface area contributed by atoms with Crippen molar-refractivity contribution in [3.8, 4) is 0 Å². The van der Waals surface area contributed by atoms with Gasteiger partial charge in [-0.2, -0.15) is 0 Å². The molecule has 0 bridgehead atoms. The third-order valence-electron chi connectivity index (χ3n) is 3.25. The third kappa shape index (κ3) is 4.65. The topological polar surface area (TPSA) is 62.2 Å². The molecular weight excluding hydrogens is 332 g/mol. The number of pyridine rings is 1. The van der Waals surface area contributed by atoms with E-state index in [-0.39, 0.29) is 18.4 Å². The first-order chi connectivity index (χ1) is 10.2. The van der Waals surface area contributed by atoms with Crippen LogP contribution in [0, 0.1) is 0 Å². The summed E-state index contributed by atoms with van der Waals surface area (Å²) in [4.78, 5) is 16.1. The summed E-state index contributed by atoms with van der Waals surface area (Å²) in [6, 6.07) is 13.3. The molecule has 0 saturated carbocycles. The summed E-state index contributed by atoms with van der Waals surface area (Å²) in [7, 11) is 0. The Morgan fingerprint density at radius 1 is 1.24 bits per heavy atom. The van der Waals surface area contributed by atoms with Gasteiger partial charge in [0, 0.05) is 25.3 Å². The van der Waals surface area contributed by atoms with Crippen LogP contribution in [0.15, 0.2) is 53.3 Å². The van der Waals surface area contributed by atoms with Gasteiger partial charge in [0.15, 0.2) is 0 Å². The second-order valence-corrected chi connectivity index (χ2v) is 5.51. The fraction of sp³-hybridized carbons (Fsp3) is 0.250. The Kier molecular flexibility index (Phi) is 5.90. The van der Waals surface area contributed by atoms with Crippen LogP contribution in [0.1, 0.15) is 28.3 Å². The highest BCUT2D eigenvalue weighted by molar-refractivity contribution is 9.10. The van der Waals surface area contributed by atoms with Crippen LogP contribution >= 0.6 is 15.9 Å². The van der Waals surface area contributed by atoms with Crippen LogP contribution in [0.5, 0.6) is 0 Å². The SMILES string of the molecule is O=C(NCC(CCO)c1ccccc1)c1ccc(Br)nc1. The molecule has 1 amide bonds. The zero-order valence-corrected chi connectivity index (χ0v) is 13.1. The fourth-order valence-electron chi connectivity index (χ4n) is 2.10. The lowest BCUT2D eigenvalue weighted by molar-refractivity contribution is 0.0949. The lowest BCUT2D eigenvalue weighted by Gasteiger charge is -2.17. The molecule has 21 heavy (non-hydrogen) atoms. The Bertz CT molecular complexity index is 573. The lowest BCUT2D eigenvalue weighted by atomic mass is 9.96. The Morgan fingerprint density at radius 3 is 2.62 bits per heavy atom. The number of nitrogens with zero attached hydrogens (tertiary/aromatic N) is 1. The minimum absolute atomic E-state index is 0.0925. The molecule has 2 rings (SSSR count). The molecular formula is C16H17BrN2O2. The predicted molar refractivity (Wildman–Crippen MR) is 85.2 cm³/mol. The molecule has 0 radical (unpaired) electrons. The average molecular weight is 349 g/mol. The van der Waals surface area contributed by atoms with E-state index in [1.165, 1.54) is 6.20 Å². The van der Waals surface area contributed by atoms with E-state index in [2.05, 4.69) is 26.2 Å². The Morgan fingerprint density at radius 2 is 2.00 bits per heavy atom. The molecule has 2 aromatic rings. The summed E-state index contributed by atoms with van der Waals surface area (Å²) >= 11 is 3.24. The second-order valence-electron chi connectivity index (χ2n) is 4.70. The van der Waals surface area contributed by atoms with Crippen molar-refractivity contribution in [1.29, 1.82) is 0 Å². The zero-order chi connectivity index (χ0) is 15.1. The molecule has 5 heteroatoms. The lowest BCUT2D eigenvalue weighted by Crippen LogP contribution is -2.29. The number of hydrogen-bond donors (Lipinski definition) is 2. The number of hydrogen-bond acceptors (Lipinski definition) is 3. The maximum atomic E-state index is 12.1. The van der Waals surface area contributed by atoms with Crippen molar-refractivity contribution in [2.24, 2.45) is 0 Å². The smallest absolute Gasteiger partial charge is 0.252 e. The summed E-state index contributed by atoms with van der Waals surface area (Å²) in [6.45, 7) is 0.578. The quantitative estimate of drug-likeness (QED) is 0.789. The van der Waals surface area contributed by atoms with Crippen molar-refractivity contribution in [1.82, 2.24) is 10.3 Å². The van der Waals surface area contributed by atoms with Crippen molar-refractivity contribution in [3.63, 3.8) is 0 Å². The predicted octanol–water partition coefficient (Wildman–Crippen LogP) is 2.74. The Labute approximate surface area is 132 Å². The number of carbonyl (C=O) groups excluding carboxylic acids is 1. The van der Waals surface area contributed by atoms with E-state index in [0.717, 1.165) is 5.56 Å². The van der Waals surface area contributed by atoms with Gasteiger partial charge in [0.05, 0.1) is 5.56 Å². The highest BCUT2D eigenvalue weighted by Crippen LogP contribution is 2.18. The molecule has 0 fully saturated rings. The van der Waals surface area contributed by atoms with E-state index in [4.69, 9.17) is 0 Å². The molecule has 4 nitrogen and oxygen atoms in total. The highest BCUT2D eigenvalue weighted by Gasteiger charge is 2.13. The second kappa shape index (κ2) is 7.90. The number of aliphatic hydroxyl groups is 1. The van der Waals surface area contributed by atoms with Gasteiger partial charge in [-0.25, -0.2) is 4.98 Å². The van der Waals surface area contributed by atoms with Crippen LogP contribution in [-0.2, 0) is 0 Å². The van der Waals surface area contributed by atoms with Gasteiger partial charge in [0.1, 0.15) is 4.60 Å². The number of nitrogens with one attached hydrogen (secondary N) is 1. The van der Waals surface area contributed by atoms with Gasteiger partial charge in [0.2, 0.25) is 0 Å². The standard InChI is InChI=1S/C16H17BrN2O2/c17-15-7-6-14(11-18-15)16(21)19-10-13(8-9-20)12-4-2-1-3-5-12/h1-7,11,13,20H,8-10H2,(H,19,21). The number of aliphatic hydroxyl groups excluding tert-OH is 1.